The van der Waals surface area contributed by atoms with E-state index >= 15 is 0 Å². The predicted molar refractivity (Wildman–Crippen MR) is 87.1 cm³/mol. The number of nitrogens with zero attached hydrogens (tertiary/aromatic N) is 3. The second kappa shape index (κ2) is 7.97. The van der Waals surface area contributed by atoms with Crippen molar-refractivity contribution in [3.63, 3.8) is 0 Å². The zero-order valence-corrected chi connectivity index (χ0v) is 13.5. The summed E-state index contributed by atoms with van der Waals surface area (Å²) in [6, 6.07) is 6.37. The second-order valence-electron chi connectivity index (χ2n) is 3.77. The molecule has 0 atom stereocenters. The number of hydrogen-bond donors (Lipinski definition) is 0. The van der Waals surface area contributed by atoms with Crippen LogP contribution in [0.3, 0.4) is 0 Å². The largest absolute Gasteiger partial charge is 0.288 e. The Morgan fingerprint density at radius 1 is 1.45 bits per heavy atom. The summed E-state index contributed by atoms with van der Waals surface area (Å²) >= 11 is 9.27. The Morgan fingerprint density at radius 3 is 2.65 bits per heavy atom. The second-order valence-corrected chi connectivity index (χ2v) is 5.18. The van der Waals surface area contributed by atoms with E-state index in [1.807, 2.05) is 0 Å². The maximum Gasteiger partial charge on any atom is 0.132 e. The number of allylic oxidation sites excluding steroid dienone is 2. The van der Waals surface area contributed by atoms with E-state index in [1.165, 1.54) is 17.3 Å². The summed E-state index contributed by atoms with van der Waals surface area (Å²) in [6.07, 6.45) is 3.05. The van der Waals surface area contributed by atoms with Gasteiger partial charge in [0, 0.05) is 30.2 Å². The summed E-state index contributed by atoms with van der Waals surface area (Å²) < 4.78 is 14.3. The summed E-state index contributed by atoms with van der Waals surface area (Å²) in [5.74, 6) is -0.353. The van der Waals surface area contributed by atoms with Gasteiger partial charge in [0.15, 0.2) is 0 Å². The molecule has 0 aromatic heterocycles. The molecule has 0 aliphatic carbocycles. The molecule has 0 bridgehead atoms. The fraction of sp³-hybridized carbons (Fsp3) is 0.143. The van der Waals surface area contributed by atoms with Gasteiger partial charge in [0.05, 0.1) is 11.9 Å². The molecule has 1 aromatic carbocycles. The van der Waals surface area contributed by atoms with Crippen LogP contribution in [-0.2, 0) is 0 Å². The predicted octanol–water partition coefficient (Wildman–Crippen LogP) is 4.15. The van der Waals surface area contributed by atoms with Gasteiger partial charge in [-0.25, -0.2) is 4.39 Å². The van der Waals surface area contributed by atoms with Crippen LogP contribution in [0.1, 0.15) is 5.56 Å². The highest BCUT2D eigenvalue weighted by Gasteiger charge is 2.08. The SMILES string of the molecule is C=C(Br)/C=N\N(C)/C(Cl)=C\C(=N/C)c1ccccc1F. The quantitative estimate of drug-likeness (QED) is 0.441. The topological polar surface area (TPSA) is 28.0 Å². The van der Waals surface area contributed by atoms with Crippen molar-refractivity contribution in [3.05, 3.63) is 57.9 Å². The monoisotopic (exact) mass is 357 g/mol. The third kappa shape index (κ3) is 4.90. The van der Waals surface area contributed by atoms with E-state index in [0.717, 1.165) is 0 Å². The van der Waals surface area contributed by atoms with E-state index in [2.05, 4.69) is 32.6 Å². The first-order valence-corrected chi connectivity index (χ1v) is 6.83. The van der Waals surface area contributed by atoms with Crippen LogP contribution < -0.4 is 0 Å². The van der Waals surface area contributed by atoms with E-state index < -0.39 is 0 Å². The third-order valence-electron chi connectivity index (χ3n) is 2.33. The number of aliphatic imine (C=N–C) groups is 1. The number of hydrogen-bond acceptors (Lipinski definition) is 3. The van der Waals surface area contributed by atoms with Crippen molar-refractivity contribution in [2.75, 3.05) is 14.1 Å². The molecule has 0 saturated carbocycles. The van der Waals surface area contributed by atoms with Crippen LogP contribution in [0, 0.1) is 5.82 Å². The molecule has 0 amide bonds. The lowest BCUT2D eigenvalue weighted by Crippen LogP contribution is -2.10. The Balaban J connectivity index is 3.01. The summed E-state index contributed by atoms with van der Waals surface area (Å²) in [6.45, 7) is 3.63. The number of hydrazone groups is 1. The first-order chi connectivity index (χ1) is 9.45. The summed E-state index contributed by atoms with van der Waals surface area (Å²) in [4.78, 5) is 4.05. The molecular weight excluding hydrogens is 345 g/mol. The minimum absolute atomic E-state index is 0.304. The molecule has 0 N–H and O–H groups in total. The third-order valence-corrected chi connectivity index (χ3v) is 2.89. The molecule has 6 heteroatoms. The lowest BCUT2D eigenvalue weighted by atomic mass is 10.1. The fourth-order valence-corrected chi connectivity index (χ4v) is 1.58. The highest BCUT2D eigenvalue weighted by molar-refractivity contribution is 9.12. The minimum atomic E-state index is -0.353. The van der Waals surface area contributed by atoms with Gasteiger partial charge in [0.25, 0.3) is 0 Å². The van der Waals surface area contributed by atoms with Gasteiger partial charge in [0.2, 0.25) is 0 Å². The van der Waals surface area contributed by atoms with Crippen LogP contribution in [0.5, 0.6) is 0 Å². The lowest BCUT2D eigenvalue weighted by Gasteiger charge is -2.11. The van der Waals surface area contributed by atoms with E-state index in [1.54, 1.807) is 38.4 Å². The molecule has 0 unspecified atom stereocenters. The molecule has 0 radical (unpaired) electrons. The Morgan fingerprint density at radius 2 is 2.10 bits per heavy atom. The van der Waals surface area contributed by atoms with Crippen LogP contribution in [0.2, 0.25) is 0 Å². The van der Waals surface area contributed by atoms with Crippen molar-refractivity contribution in [1.82, 2.24) is 5.01 Å². The van der Waals surface area contributed by atoms with E-state index in [9.17, 15) is 4.39 Å². The first-order valence-electron chi connectivity index (χ1n) is 5.66. The van der Waals surface area contributed by atoms with Crippen LogP contribution in [0.4, 0.5) is 4.39 Å². The average molecular weight is 359 g/mol. The van der Waals surface area contributed by atoms with Gasteiger partial charge >= 0.3 is 0 Å². The Hall–Kier alpha value is -1.46. The Bertz CT molecular complexity index is 582. The molecule has 20 heavy (non-hydrogen) atoms. The van der Waals surface area contributed by atoms with E-state index in [-0.39, 0.29) is 5.82 Å². The molecule has 0 heterocycles. The van der Waals surface area contributed by atoms with Crippen molar-refractivity contribution in [3.8, 4) is 0 Å². The van der Waals surface area contributed by atoms with Gasteiger partial charge in [-0.3, -0.25) is 10.0 Å². The molecule has 1 aromatic rings. The molecule has 0 saturated heterocycles. The molecule has 0 spiro atoms. The molecule has 0 fully saturated rings. The van der Waals surface area contributed by atoms with Gasteiger partial charge in [-0.1, -0.05) is 30.3 Å². The standard InChI is InChI=1S/C14H14BrClFN3/c1-10(15)9-19-20(3)14(16)8-13(18-2)11-6-4-5-7-12(11)17/h4-9H,1H2,2-3H3/b14-8-,18-13+,19-9-. The van der Waals surface area contributed by atoms with Gasteiger partial charge in [-0.15, -0.1) is 0 Å². The van der Waals surface area contributed by atoms with Gasteiger partial charge < -0.3 is 0 Å². The van der Waals surface area contributed by atoms with Crippen molar-refractivity contribution in [2.24, 2.45) is 10.1 Å². The van der Waals surface area contributed by atoms with Crippen molar-refractivity contribution >= 4 is 39.5 Å². The Kier molecular flexibility index (Phi) is 6.61. The lowest BCUT2D eigenvalue weighted by molar-refractivity contribution is 0.479. The number of halogens is 3. The molecule has 0 aliphatic heterocycles. The summed E-state index contributed by atoms with van der Waals surface area (Å²) in [7, 11) is 3.24. The van der Waals surface area contributed by atoms with Crippen LogP contribution in [0.15, 0.2) is 56.7 Å². The van der Waals surface area contributed by atoms with Gasteiger partial charge in [-0.05, 0) is 28.1 Å². The van der Waals surface area contributed by atoms with Crippen LogP contribution in [0.25, 0.3) is 0 Å². The molecule has 106 valence electrons. The van der Waals surface area contributed by atoms with E-state index in [4.69, 9.17) is 11.6 Å². The maximum atomic E-state index is 13.7. The van der Waals surface area contributed by atoms with Crippen molar-refractivity contribution in [1.29, 1.82) is 0 Å². The van der Waals surface area contributed by atoms with E-state index in [0.29, 0.717) is 20.9 Å². The zero-order valence-electron chi connectivity index (χ0n) is 11.1. The van der Waals surface area contributed by atoms with Gasteiger partial charge in [0.1, 0.15) is 11.0 Å². The first kappa shape index (κ1) is 16.6. The maximum absolute atomic E-state index is 13.7. The zero-order chi connectivity index (χ0) is 15.1. The highest BCUT2D eigenvalue weighted by atomic mass is 79.9. The van der Waals surface area contributed by atoms with Crippen LogP contribution in [-0.4, -0.2) is 31.0 Å². The smallest absolute Gasteiger partial charge is 0.132 e. The molecule has 0 aliphatic rings. The fourth-order valence-electron chi connectivity index (χ4n) is 1.34. The van der Waals surface area contributed by atoms with Gasteiger partial charge in [-0.2, -0.15) is 5.10 Å². The summed E-state index contributed by atoms with van der Waals surface area (Å²) in [5, 5.41) is 5.78. The number of rotatable bonds is 5. The number of benzene rings is 1. The highest BCUT2D eigenvalue weighted by Crippen LogP contribution is 2.14. The van der Waals surface area contributed by atoms with Crippen LogP contribution >= 0.6 is 27.5 Å². The normalized spacial score (nSPS) is 12.8. The minimum Gasteiger partial charge on any atom is -0.288 e. The van der Waals surface area contributed by atoms with Crippen molar-refractivity contribution in [2.45, 2.75) is 0 Å². The van der Waals surface area contributed by atoms with Crippen molar-refractivity contribution < 1.29 is 4.39 Å². The molecular formula is C14H14BrClFN3. The molecule has 3 nitrogen and oxygen atoms in total. The average Bonchev–Trinajstić information content (AvgIpc) is 2.42. The molecule has 1 rings (SSSR count). The summed E-state index contributed by atoms with van der Waals surface area (Å²) in [5.41, 5.74) is 0.822. The Labute approximate surface area is 131 Å².